The van der Waals surface area contributed by atoms with Crippen LogP contribution >= 0.6 is 11.3 Å². The van der Waals surface area contributed by atoms with Crippen LogP contribution in [0.5, 0.6) is 0 Å². The van der Waals surface area contributed by atoms with Crippen molar-refractivity contribution < 1.29 is 18.0 Å². The van der Waals surface area contributed by atoms with E-state index < -0.39 is 12.0 Å². The molecule has 12 heteroatoms. The van der Waals surface area contributed by atoms with Gasteiger partial charge < -0.3 is 5.32 Å². The van der Waals surface area contributed by atoms with Crippen LogP contribution in [0.25, 0.3) is 5.78 Å². The number of nitrogens with one attached hydrogen (secondary N) is 1. The number of aromatic nitrogens is 5. The van der Waals surface area contributed by atoms with Crippen molar-refractivity contribution in [2.45, 2.75) is 52.8 Å². The molecule has 0 aromatic carbocycles. The first-order chi connectivity index (χ1) is 14.7. The summed E-state index contributed by atoms with van der Waals surface area (Å²) in [7, 11) is 0. The molecule has 0 fully saturated rings. The van der Waals surface area contributed by atoms with Gasteiger partial charge in [-0.15, -0.1) is 16.4 Å². The first-order valence-electron chi connectivity index (χ1n) is 9.96. The molecule has 3 aromatic rings. The molecule has 0 saturated carbocycles. The molecular weight excluding hydrogens is 431 g/mol. The summed E-state index contributed by atoms with van der Waals surface area (Å²) in [6, 6.07) is 0. The van der Waals surface area contributed by atoms with Crippen LogP contribution < -0.4 is 5.32 Å². The average Bonchev–Trinajstić information content (AvgIpc) is 3.30. The maximum absolute atomic E-state index is 12.9. The lowest BCUT2D eigenvalue weighted by molar-refractivity contribution is -0.144. The van der Waals surface area contributed by atoms with Gasteiger partial charge in [0.25, 0.3) is 11.6 Å². The van der Waals surface area contributed by atoms with Gasteiger partial charge in [-0.3, -0.25) is 9.69 Å². The van der Waals surface area contributed by atoms with Crippen molar-refractivity contribution in [1.82, 2.24) is 29.5 Å². The van der Waals surface area contributed by atoms with E-state index in [2.05, 4.69) is 37.2 Å². The molecule has 0 atom stereocenters. The fourth-order valence-electron chi connectivity index (χ4n) is 3.68. The molecule has 1 aliphatic rings. The fraction of sp³-hybridized carbons (Fsp3) is 0.526. The zero-order chi connectivity index (χ0) is 22.3. The third-order valence-electron chi connectivity index (χ3n) is 5.41. The normalized spacial score (nSPS) is 14.8. The molecule has 166 valence electrons. The lowest BCUT2D eigenvalue weighted by Crippen LogP contribution is -2.29. The minimum atomic E-state index is -4.64. The molecule has 4 heterocycles. The van der Waals surface area contributed by atoms with Crippen molar-refractivity contribution in [3.63, 3.8) is 0 Å². The van der Waals surface area contributed by atoms with Crippen molar-refractivity contribution in [2.24, 2.45) is 0 Å². The lowest BCUT2D eigenvalue weighted by atomic mass is 10.1. The van der Waals surface area contributed by atoms with Crippen LogP contribution in [0.3, 0.4) is 0 Å². The van der Waals surface area contributed by atoms with Crippen LogP contribution in [0.15, 0.2) is 0 Å². The van der Waals surface area contributed by atoms with E-state index in [0.717, 1.165) is 36.3 Å². The average molecular weight is 453 g/mol. The second kappa shape index (κ2) is 8.15. The first kappa shape index (κ1) is 21.6. The molecule has 0 aliphatic carbocycles. The summed E-state index contributed by atoms with van der Waals surface area (Å²) in [5, 5.41) is 6.97. The molecular formula is C19H22F3N7OS. The highest BCUT2D eigenvalue weighted by Gasteiger charge is 2.37. The van der Waals surface area contributed by atoms with E-state index in [-0.39, 0.29) is 18.1 Å². The second-order valence-corrected chi connectivity index (χ2v) is 8.55. The third-order valence-corrected chi connectivity index (χ3v) is 6.41. The summed E-state index contributed by atoms with van der Waals surface area (Å²) in [5.74, 6) is -1.54. The molecule has 0 bridgehead atoms. The summed E-state index contributed by atoms with van der Waals surface area (Å²) in [4.78, 5) is 28.1. The van der Waals surface area contributed by atoms with Gasteiger partial charge in [0.15, 0.2) is 5.13 Å². The Hall–Kier alpha value is -2.60. The Morgan fingerprint density at radius 1 is 1.23 bits per heavy atom. The van der Waals surface area contributed by atoms with Crippen molar-refractivity contribution in [3.05, 3.63) is 33.3 Å². The number of aryl methyl sites for hydroxylation is 2. The number of halogens is 3. The maximum Gasteiger partial charge on any atom is 0.453 e. The van der Waals surface area contributed by atoms with E-state index in [0.29, 0.717) is 28.5 Å². The predicted molar refractivity (Wildman–Crippen MR) is 109 cm³/mol. The molecule has 0 spiro atoms. The minimum absolute atomic E-state index is 0.106. The standard InChI is InChI=1S/C19H22F3N7OS/c1-4-28-8-7-13-14(9-28)31-18(24-13)25-15(30)6-5-12-10(2)23-17-26-16(19(20,21)22)27-29(17)11(12)3/h4-9H2,1-3H3,(H,24,25,30). The number of carbonyl (C=O) groups is 1. The second-order valence-electron chi connectivity index (χ2n) is 7.46. The number of rotatable bonds is 5. The van der Waals surface area contributed by atoms with E-state index in [4.69, 9.17) is 0 Å². The van der Waals surface area contributed by atoms with Crippen LogP contribution in [0.4, 0.5) is 18.3 Å². The zero-order valence-corrected chi connectivity index (χ0v) is 18.2. The summed E-state index contributed by atoms with van der Waals surface area (Å²) < 4.78 is 39.8. The first-order valence-corrected chi connectivity index (χ1v) is 10.8. The fourth-order valence-corrected chi connectivity index (χ4v) is 4.75. The van der Waals surface area contributed by atoms with E-state index >= 15 is 0 Å². The summed E-state index contributed by atoms with van der Waals surface area (Å²) >= 11 is 1.49. The Balaban J connectivity index is 1.45. The predicted octanol–water partition coefficient (Wildman–Crippen LogP) is 3.17. The molecule has 0 unspecified atom stereocenters. The Kier molecular flexibility index (Phi) is 5.69. The number of nitrogens with zero attached hydrogens (tertiary/aromatic N) is 6. The van der Waals surface area contributed by atoms with Gasteiger partial charge in [-0.05, 0) is 32.4 Å². The minimum Gasteiger partial charge on any atom is -0.302 e. The van der Waals surface area contributed by atoms with Crippen molar-refractivity contribution >= 4 is 28.2 Å². The van der Waals surface area contributed by atoms with Crippen molar-refractivity contribution in [1.29, 1.82) is 0 Å². The van der Waals surface area contributed by atoms with E-state index in [1.54, 1.807) is 13.8 Å². The van der Waals surface area contributed by atoms with Gasteiger partial charge in [-0.1, -0.05) is 6.92 Å². The summed E-state index contributed by atoms with van der Waals surface area (Å²) in [6.07, 6.45) is -3.30. The largest absolute Gasteiger partial charge is 0.453 e. The molecule has 0 saturated heterocycles. The Morgan fingerprint density at radius 2 is 2.00 bits per heavy atom. The summed E-state index contributed by atoms with van der Waals surface area (Å²) in [5.41, 5.74) is 2.74. The van der Waals surface area contributed by atoms with E-state index in [1.165, 1.54) is 16.2 Å². The lowest BCUT2D eigenvalue weighted by Gasteiger charge is -2.23. The quantitative estimate of drug-likeness (QED) is 0.639. The molecule has 3 aromatic heterocycles. The Labute approximate surface area is 180 Å². The van der Waals surface area contributed by atoms with Crippen molar-refractivity contribution in [2.75, 3.05) is 18.4 Å². The Morgan fingerprint density at radius 3 is 2.71 bits per heavy atom. The van der Waals surface area contributed by atoms with Gasteiger partial charge in [-0.25, -0.2) is 14.5 Å². The van der Waals surface area contributed by atoms with Gasteiger partial charge in [0.1, 0.15) is 0 Å². The van der Waals surface area contributed by atoms with Gasteiger partial charge in [0.05, 0.1) is 5.69 Å². The van der Waals surface area contributed by atoms with Crippen LogP contribution in [0.2, 0.25) is 0 Å². The zero-order valence-electron chi connectivity index (χ0n) is 17.4. The van der Waals surface area contributed by atoms with Gasteiger partial charge in [0.2, 0.25) is 5.91 Å². The smallest absolute Gasteiger partial charge is 0.302 e. The van der Waals surface area contributed by atoms with Gasteiger partial charge in [-0.2, -0.15) is 18.2 Å². The van der Waals surface area contributed by atoms with Crippen LogP contribution in [0.1, 0.15) is 46.7 Å². The summed E-state index contributed by atoms with van der Waals surface area (Å²) in [6.45, 7) is 8.25. The molecule has 0 radical (unpaired) electrons. The maximum atomic E-state index is 12.9. The van der Waals surface area contributed by atoms with Crippen LogP contribution in [0, 0.1) is 13.8 Å². The topological polar surface area (TPSA) is 88.3 Å². The molecule has 4 rings (SSSR count). The van der Waals surface area contributed by atoms with E-state index in [9.17, 15) is 18.0 Å². The highest BCUT2D eigenvalue weighted by Crippen LogP contribution is 2.29. The molecule has 1 aliphatic heterocycles. The number of thiazole rings is 1. The van der Waals surface area contributed by atoms with Gasteiger partial charge in [0, 0.05) is 42.2 Å². The highest BCUT2D eigenvalue weighted by atomic mass is 32.1. The number of fused-ring (bicyclic) bond motifs is 2. The molecule has 31 heavy (non-hydrogen) atoms. The monoisotopic (exact) mass is 453 g/mol. The Bertz CT molecular complexity index is 1140. The number of hydrogen-bond donors (Lipinski definition) is 1. The number of hydrogen-bond acceptors (Lipinski definition) is 7. The SMILES string of the molecule is CCN1CCc2nc(NC(=O)CCc3c(C)nc4nc(C(F)(F)F)nn4c3C)sc2C1. The molecule has 8 nitrogen and oxygen atoms in total. The number of amides is 1. The molecule has 1 amide bonds. The number of alkyl halides is 3. The van der Waals surface area contributed by atoms with Crippen LogP contribution in [-0.4, -0.2) is 48.5 Å². The van der Waals surface area contributed by atoms with Gasteiger partial charge >= 0.3 is 6.18 Å². The van der Waals surface area contributed by atoms with E-state index in [1.807, 2.05) is 0 Å². The van der Waals surface area contributed by atoms with Crippen LogP contribution in [-0.2, 0) is 30.4 Å². The third kappa shape index (κ3) is 4.40. The number of carbonyl (C=O) groups excluding carboxylic acids is 1. The number of anilines is 1. The number of likely N-dealkylation sites (N-methyl/N-ethyl adjacent to an activating group) is 1. The molecule has 1 N–H and O–H groups in total. The van der Waals surface area contributed by atoms with Crippen molar-refractivity contribution in [3.8, 4) is 0 Å². The highest BCUT2D eigenvalue weighted by molar-refractivity contribution is 7.15.